The van der Waals surface area contributed by atoms with Gasteiger partial charge in [0.2, 0.25) is 11.8 Å². The summed E-state index contributed by atoms with van der Waals surface area (Å²) in [6, 6.07) is 13.2. The molecule has 6 rings (SSSR count). The number of fused-ring (bicyclic) bond motifs is 2. The van der Waals surface area contributed by atoms with Crippen molar-refractivity contribution in [2.75, 3.05) is 20.2 Å². The second kappa shape index (κ2) is 9.72. The van der Waals surface area contributed by atoms with Crippen molar-refractivity contribution in [3.8, 4) is 11.5 Å². The number of hydrogen-bond donors (Lipinski definition) is 1. The number of nitrogens with one attached hydrogen (secondary N) is 1. The largest absolute Gasteiger partial charge is 0.496 e. The van der Waals surface area contributed by atoms with Gasteiger partial charge in [0.25, 0.3) is 5.91 Å². The number of rotatable bonds is 6. The van der Waals surface area contributed by atoms with Gasteiger partial charge in [-0.1, -0.05) is 6.07 Å². The summed E-state index contributed by atoms with van der Waals surface area (Å²) in [6.07, 6.45) is 1.56. The number of nitrogens with zero attached hydrogens (tertiary/aromatic N) is 3. The van der Waals surface area contributed by atoms with Gasteiger partial charge in [0.05, 0.1) is 12.6 Å². The molecule has 0 radical (unpaired) electrons. The van der Waals surface area contributed by atoms with Crippen LogP contribution in [0.4, 0.5) is 0 Å². The van der Waals surface area contributed by atoms with E-state index < -0.39 is 11.9 Å². The predicted molar refractivity (Wildman–Crippen MR) is 140 cm³/mol. The molecule has 3 amide bonds. The van der Waals surface area contributed by atoms with Crippen molar-refractivity contribution in [2.24, 2.45) is 0 Å². The lowest BCUT2D eigenvalue weighted by molar-refractivity contribution is -0.136. The smallest absolute Gasteiger partial charge is 0.255 e. The van der Waals surface area contributed by atoms with Crippen LogP contribution in [-0.4, -0.2) is 64.9 Å². The fourth-order valence-corrected chi connectivity index (χ4v) is 5.75. The summed E-state index contributed by atoms with van der Waals surface area (Å²) in [4.78, 5) is 45.3. The maximum absolute atomic E-state index is 12.9. The summed E-state index contributed by atoms with van der Waals surface area (Å²) in [6.45, 7) is 4.85. The summed E-state index contributed by atoms with van der Waals surface area (Å²) < 4.78 is 11.9. The Morgan fingerprint density at radius 1 is 1.08 bits per heavy atom. The molecule has 0 aliphatic carbocycles. The zero-order valence-corrected chi connectivity index (χ0v) is 21.5. The van der Waals surface area contributed by atoms with Crippen LogP contribution in [0.2, 0.25) is 0 Å². The Bertz CT molecular complexity index is 1450. The zero-order valence-electron chi connectivity index (χ0n) is 21.5. The SMILES string of the molecule is COc1cc(C)nc2ccc(CN3CC[C@H](Oc4ccc5c(c4)CN(C4CCC(=O)NC4=O)C5=O)C3)cc12. The van der Waals surface area contributed by atoms with E-state index in [9.17, 15) is 14.4 Å². The third kappa shape index (κ3) is 4.58. The Hall–Kier alpha value is -3.98. The molecular weight excluding hydrogens is 484 g/mol. The average Bonchev–Trinajstić information content (AvgIpc) is 3.47. The van der Waals surface area contributed by atoms with Crippen LogP contribution in [0.25, 0.3) is 10.9 Å². The second-order valence-corrected chi connectivity index (χ2v) is 10.3. The number of aryl methyl sites for hydroxylation is 1. The molecule has 2 saturated heterocycles. The van der Waals surface area contributed by atoms with E-state index in [1.807, 2.05) is 31.2 Å². The molecule has 3 aliphatic rings. The van der Waals surface area contributed by atoms with Gasteiger partial charge < -0.3 is 14.4 Å². The third-order valence-corrected chi connectivity index (χ3v) is 7.62. The molecule has 9 heteroatoms. The summed E-state index contributed by atoms with van der Waals surface area (Å²) in [5.41, 5.74) is 4.50. The molecule has 0 bridgehead atoms. The van der Waals surface area contributed by atoms with Gasteiger partial charge in [-0.05, 0) is 61.2 Å². The standard InChI is InChI=1S/C29H30N4O5/c1-17-11-26(37-2)23-12-18(3-6-24(23)30-17)14-32-10-9-21(16-32)38-20-4-5-22-19(13-20)15-33(29(22)36)25-7-8-27(34)31-28(25)35/h3-6,11-13,21,25H,7-10,14-16H2,1-2H3,(H,31,34,35)/t21-,25?/m0/s1. The Labute approximate surface area is 220 Å². The number of ether oxygens (including phenoxy) is 2. The number of carbonyl (C=O) groups excluding carboxylic acids is 3. The third-order valence-electron chi connectivity index (χ3n) is 7.62. The van der Waals surface area contributed by atoms with E-state index in [-0.39, 0.29) is 24.3 Å². The van der Waals surface area contributed by atoms with Crippen molar-refractivity contribution in [3.63, 3.8) is 0 Å². The van der Waals surface area contributed by atoms with Crippen molar-refractivity contribution in [2.45, 2.75) is 51.4 Å². The first-order chi connectivity index (χ1) is 18.4. The molecule has 2 atom stereocenters. The van der Waals surface area contributed by atoms with E-state index in [0.717, 1.165) is 59.7 Å². The number of carbonyl (C=O) groups is 3. The van der Waals surface area contributed by atoms with E-state index >= 15 is 0 Å². The number of piperidine rings is 1. The molecule has 9 nitrogen and oxygen atoms in total. The van der Waals surface area contributed by atoms with E-state index in [1.165, 1.54) is 5.56 Å². The van der Waals surface area contributed by atoms with Gasteiger partial charge in [-0.3, -0.25) is 29.6 Å². The van der Waals surface area contributed by atoms with Gasteiger partial charge in [-0.2, -0.15) is 0 Å². The zero-order chi connectivity index (χ0) is 26.4. The lowest BCUT2D eigenvalue weighted by Crippen LogP contribution is -2.52. The van der Waals surface area contributed by atoms with Crippen LogP contribution in [0, 0.1) is 6.92 Å². The molecule has 1 aromatic heterocycles. The molecule has 2 aromatic carbocycles. The fourth-order valence-electron chi connectivity index (χ4n) is 5.75. The number of methoxy groups -OCH3 is 1. The Balaban J connectivity index is 1.09. The predicted octanol–water partition coefficient (Wildman–Crippen LogP) is 2.97. The van der Waals surface area contributed by atoms with Gasteiger partial charge in [0.15, 0.2) is 0 Å². The lowest BCUT2D eigenvalue weighted by atomic mass is 10.0. The first-order valence-corrected chi connectivity index (χ1v) is 13.0. The molecule has 3 aliphatic heterocycles. The normalized spacial score (nSPS) is 21.6. The van der Waals surface area contributed by atoms with Gasteiger partial charge in [0, 0.05) is 55.3 Å². The van der Waals surface area contributed by atoms with Crippen molar-refractivity contribution < 1.29 is 23.9 Å². The van der Waals surface area contributed by atoms with E-state index in [0.29, 0.717) is 18.5 Å². The lowest BCUT2D eigenvalue weighted by Gasteiger charge is -2.29. The van der Waals surface area contributed by atoms with Crippen LogP contribution >= 0.6 is 0 Å². The number of imide groups is 1. The number of amides is 3. The molecule has 1 unspecified atom stereocenters. The highest BCUT2D eigenvalue weighted by Crippen LogP contribution is 2.32. The van der Waals surface area contributed by atoms with Crippen LogP contribution in [-0.2, 0) is 22.7 Å². The summed E-state index contributed by atoms with van der Waals surface area (Å²) >= 11 is 0. The minimum atomic E-state index is -0.616. The summed E-state index contributed by atoms with van der Waals surface area (Å²) in [5.74, 6) is 0.699. The Morgan fingerprint density at radius 3 is 2.76 bits per heavy atom. The quantitative estimate of drug-likeness (QED) is 0.505. The van der Waals surface area contributed by atoms with Gasteiger partial charge in [-0.15, -0.1) is 0 Å². The summed E-state index contributed by atoms with van der Waals surface area (Å²) in [7, 11) is 1.69. The maximum atomic E-state index is 12.9. The first kappa shape index (κ1) is 24.4. The Kier molecular flexibility index (Phi) is 6.23. The summed E-state index contributed by atoms with van der Waals surface area (Å²) in [5, 5.41) is 3.36. The molecule has 2 fully saturated rings. The molecule has 1 N–H and O–H groups in total. The maximum Gasteiger partial charge on any atom is 0.255 e. The van der Waals surface area contributed by atoms with Crippen molar-refractivity contribution in [3.05, 3.63) is 64.8 Å². The average molecular weight is 515 g/mol. The van der Waals surface area contributed by atoms with Gasteiger partial charge in [-0.25, -0.2) is 0 Å². The molecular formula is C29H30N4O5. The van der Waals surface area contributed by atoms with E-state index in [2.05, 4.69) is 27.3 Å². The van der Waals surface area contributed by atoms with Crippen LogP contribution in [0.15, 0.2) is 42.5 Å². The minimum absolute atomic E-state index is 0.0516. The van der Waals surface area contributed by atoms with Crippen LogP contribution < -0.4 is 14.8 Å². The van der Waals surface area contributed by atoms with E-state index in [4.69, 9.17) is 9.47 Å². The number of pyridine rings is 1. The van der Waals surface area contributed by atoms with Crippen molar-refractivity contribution in [1.82, 2.24) is 20.1 Å². The van der Waals surface area contributed by atoms with Gasteiger partial charge >= 0.3 is 0 Å². The number of aromatic nitrogens is 1. The van der Waals surface area contributed by atoms with Gasteiger partial charge in [0.1, 0.15) is 23.6 Å². The van der Waals surface area contributed by atoms with Crippen LogP contribution in [0.5, 0.6) is 11.5 Å². The van der Waals surface area contributed by atoms with E-state index in [1.54, 1.807) is 18.1 Å². The van der Waals surface area contributed by atoms with Crippen molar-refractivity contribution >= 4 is 28.6 Å². The second-order valence-electron chi connectivity index (χ2n) is 10.3. The van der Waals surface area contributed by atoms with Crippen LogP contribution in [0.1, 0.15) is 46.4 Å². The number of benzene rings is 2. The molecule has 4 heterocycles. The highest BCUT2D eigenvalue weighted by molar-refractivity contribution is 6.05. The highest BCUT2D eigenvalue weighted by Gasteiger charge is 2.39. The number of likely N-dealkylation sites (tertiary alicyclic amines) is 1. The monoisotopic (exact) mass is 514 g/mol. The fraction of sp³-hybridized carbons (Fsp3) is 0.379. The minimum Gasteiger partial charge on any atom is -0.496 e. The highest BCUT2D eigenvalue weighted by atomic mass is 16.5. The Morgan fingerprint density at radius 2 is 1.95 bits per heavy atom. The first-order valence-electron chi connectivity index (χ1n) is 13.0. The molecule has 3 aromatic rings. The van der Waals surface area contributed by atoms with Crippen LogP contribution in [0.3, 0.4) is 0 Å². The molecule has 0 saturated carbocycles. The topological polar surface area (TPSA) is 101 Å². The molecule has 196 valence electrons. The molecule has 38 heavy (non-hydrogen) atoms. The molecule has 0 spiro atoms. The van der Waals surface area contributed by atoms with Crippen molar-refractivity contribution in [1.29, 1.82) is 0 Å². The number of hydrogen-bond acceptors (Lipinski definition) is 7.